The Morgan fingerprint density at radius 2 is 2.09 bits per heavy atom. The lowest BCUT2D eigenvalue weighted by atomic mass is 9.88. The molecular formula is C10H18O. The Bertz CT molecular complexity index is 147. The van der Waals surface area contributed by atoms with E-state index in [1.165, 1.54) is 31.3 Å². The lowest BCUT2D eigenvalue weighted by Crippen LogP contribution is -2.16. The van der Waals surface area contributed by atoms with Gasteiger partial charge in [-0.25, -0.2) is 0 Å². The number of aliphatic hydroxyl groups is 1. The zero-order valence-electron chi connectivity index (χ0n) is 7.51. The summed E-state index contributed by atoms with van der Waals surface area (Å²) in [6.07, 6.45) is 7.18. The molecular weight excluding hydrogens is 136 g/mol. The van der Waals surface area contributed by atoms with E-state index in [-0.39, 0.29) is 6.10 Å². The van der Waals surface area contributed by atoms with Crippen molar-refractivity contribution in [2.24, 2.45) is 5.92 Å². The van der Waals surface area contributed by atoms with E-state index in [1.54, 1.807) is 0 Å². The number of rotatable bonds is 2. The van der Waals surface area contributed by atoms with Crippen molar-refractivity contribution in [2.45, 2.75) is 45.6 Å². The molecule has 0 heterocycles. The maximum Gasteiger partial charge on any atom is 0.0574 e. The van der Waals surface area contributed by atoms with E-state index in [4.69, 9.17) is 0 Å². The van der Waals surface area contributed by atoms with Gasteiger partial charge in [0.25, 0.3) is 0 Å². The van der Waals surface area contributed by atoms with Crippen LogP contribution in [-0.4, -0.2) is 11.2 Å². The van der Waals surface area contributed by atoms with Gasteiger partial charge in [0.2, 0.25) is 0 Å². The molecule has 0 amide bonds. The molecule has 0 radical (unpaired) electrons. The molecule has 2 unspecified atom stereocenters. The number of hydrogen-bond acceptors (Lipinski definition) is 1. The van der Waals surface area contributed by atoms with Gasteiger partial charge in [0.15, 0.2) is 0 Å². The van der Waals surface area contributed by atoms with E-state index in [0.717, 1.165) is 0 Å². The summed E-state index contributed by atoms with van der Waals surface area (Å²) in [5, 5.41) is 9.33. The topological polar surface area (TPSA) is 20.2 Å². The fourth-order valence-electron chi connectivity index (χ4n) is 1.59. The molecule has 1 rings (SSSR count). The zero-order chi connectivity index (χ0) is 8.27. The van der Waals surface area contributed by atoms with Crippen LogP contribution in [0.25, 0.3) is 0 Å². The first kappa shape index (κ1) is 8.79. The number of allylic oxidation sites excluding steroid dienone is 1. The van der Waals surface area contributed by atoms with Crippen molar-refractivity contribution in [2.75, 3.05) is 0 Å². The minimum Gasteiger partial charge on any atom is -0.393 e. The van der Waals surface area contributed by atoms with Crippen LogP contribution >= 0.6 is 0 Å². The molecule has 0 saturated carbocycles. The van der Waals surface area contributed by atoms with Crippen molar-refractivity contribution in [1.29, 1.82) is 0 Å². The standard InChI is InChI=1S/C10H18O/c1-8(9(2)11)10-6-4-3-5-7-10/h6,8-9,11H,3-5,7H2,1-2H3. The predicted molar refractivity (Wildman–Crippen MR) is 47.4 cm³/mol. The van der Waals surface area contributed by atoms with Crippen molar-refractivity contribution >= 4 is 0 Å². The van der Waals surface area contributed by atoms with Gasteiger partial charge < -0.3 is 5.11 Å². The van der Waals surface area contributed by atoms with E-state index in [1.807, 2.05) is 6.92 Å². The second-order valence-electron chi connectivity index (χ2n) is 3.55. The average Bonchev–Trinajstić information content (AvgIpc) is 2.05. The largest absolute Gasteiger partial charge is 0.393 e. The van der Waals surface area contributed by atoms with Gasteiger partial charge in [-0.2, -0.15) is 0 Å². The van der Waals surface area contributed by atoms with Crippen LogP contribution in [0.4, 0.5) is 0 Å². The van der Waals surface area contributed by atoms with E-state index >= 15 is 0 Å². The highest BCUT2D eigenvalue weighted by molar-refractivity contribution is 5.09. The van der Waals surface area contributed by atoms with E-state index in [9.17, 15) is 5.11 Å². The Morgan fingerprint density at radius 1 is 1.36 bits per heavy atom. The molecule has 11 heavy (non-hydrogen) atoms. The van der Waals surface area contributed by atoms with Crippen LogP contribution < -0.4 is 0 Å². The lowest BCUT2D eigenvalue weighted by Gasteiger charge is -2.21. The second-order valence-corrected chi connectivity index (χ2v) is 3.55. The smallest absolute Gasteiger partial charge is 0.0574 e. The summed E-state index contributed by atoms with van der Waals surface area (Å²) in [7, 11) is 0. The summed E-state index contributed by atoms with van der Waals surface area (Å²) in [5.74, 6) is 0.371. The van der Waals surface area contributed by atoms with Crippen LogP contribution in [0.1, 0.15) is 39.5 Å². The molecule has 0 fully saturated rings. The molecule has 1 aliphatic carbocycles. The molecule has 0 aliphatic heterocycles. The fraction of sp³-hybridized carbons (Fsp3) is 0.800. The molecule has 0 aromatic carbocycles. The molecule has 1 heteroatoms. The quantitative estimate of drug-likeness (QED) is 0.606. The molecule has 2 atom stereocenters. The molecule has 0 aromatic heterocycles. The highest BCUT2D eigenvalue weighted by Crippen LogP contribution is 2.25. The normalized spacial score (nSPS) is 24.1. The first-order valence-electron chi connectivity index (χ1n) is 4.59. The first-order valence-corrected chi connectivity index (χ1v) is 4.59. The first-order chi connectivity index (χ1) is 5.22. The molecule has 0 bridgehead atoms. The Hall–Kier alpha value is -0.300. The highest BCUT2D eigenvalue weighted by Gasteiger charge is 2.15. The van der Waals surface area contributed by atoms with E-state index in [0.29, 0.717) is 5.92 Å². The minimum absolute atomic E-state index is 0.181. The third-order valence-electron chi connectivity index (χ3n) is 2.63. The third-order valence-corrected chi connectivity index (χ3v) is 2.63. The molecule has 1 nitrogen and oxygen atoms in total. The van der Waals surface area contributed by atoms with Crippen LogP contribution in [-0.2, 0) is 0 Å². The minimum atomic E-state index is -0.181. The van der Waals surface area contributed by atoms with E-state index in [2.05, 4.69) is 13.0 Å². The third kappa shape index (κ3) is 2.33. The predicted octanol–water partition coefficient (Wildman–Crippen LogP) is 2.50. The average molecular weight is 154 g/mol. The Labute approximate surface area is 69.1 Å². The van der Waals surface area contributed by atoms with Gasteiger partial charge in [-0.3, -0.25) is 0 Å². The Balaban J connectivity index is 2.51. The van der Waals surface area contributed by atoms with Gasteiger partial charge in [-0.05, 0) is 32.6 Å². The lowest BCUT2D eigenvalue weighted by molar-refractivity contribution is 0.149. The highest BCUT2D eigenvalue weighted by atomic mass is 16.3. The molecule has 1 N–H and O–H groups in total. The van der Waals surface area contributed by atoms with Gasteiger partial charge in [0.1, 0.15) is 0 Å². The van der Waals surface area contributed by atoms with Gasteiger partial charge >= 0.3 is 0 Å². The molecule has 64 valence electrons. The van der Waals surface area contributed by atoms with Crippen LogP contribution in [0, 0.1) is 5.92 Å². The SMILES string of the molecule is CC(O)C(C)C1=CCCCC1. The zero-order valence-corrected chi connectivity index (χ0v) is 7.51. The van der Waals surface area contributed by atoms with Crippen LogP contribution in [0.15, 0.2) is 11.6 Å². The van der Waals surface area contributed by atoms with Crippen molar-refractivity contribution in [3.63, 3.8) is 0 Å². The summed E-state index contributed by atoms with van der Waals surface area (Å²) in [4.78, 5) is 0. The van der Waals surface area contributed by atoms with Gasteiger partial charge in [-0.1, -0.05) is 18.6 Å². The van der Waals surface area contributed by atoms with Crippen LogP contribution in [0.5, 0.6) is 0 Å². The van der Waals surface area contributed by atoms with Gasteiger partial charge in [0, 0.05) is 5.92 Å². The summed E-state index contributed by atoms with van der Waals surface area (Å²) in [5.41, 5.74) is 1.46. The second kappa shape index (κ2) is 3.91. The van der Waals surface area contributed by atoms with Crippen molar-refractivity contribution < 1.29 is 5.11 Å². The van der Waals surface area contributed by atoms with Crippen molar-refractivity contribution in [1.82, 2.24) is 0 Å². The molecule has 0 aromatic rings. The molecule has 1 aliphatic rings. The monoisotopic (exact) mass is 154 g/mol. The van der Waals surface area contributed by atoms with Crippen LogP contribution in [0.3, 0.4) is 0 Å². The summed E-state index contributed by atoms with van der Waals surface area (Å²) >= 11 is 0. The summed E-state index contributed by atoms with van der Waals surface area (Å²) in [6.45, 7) is 3.99. The van der Waals surface area contributed by atoms with Gasteiger partial charge in [0.05, 0.1) is 6.10 Å². The van der Waals surface area contributed by atoms with Crippen molar-refractivity contribution in [3.8, 4) is 0 Å². The van der Waals surface area contributed by atoms with Crippen molar-refractivity contribution in [3.05, 3.63) is 11.6 Å². The Morgan fingerprint density at radius 3 is 2.55 bits per heavy atom. The molecule has 0 spiro atoms. The van der Waals surface area contributed by atoms with Gasteiger partial charge in [-0.15, -0.1) is 0 Å². The summed E-state index contributed by atoms with van der Waals surface area (Å²) < 4.78 is 0. The maximum absolute atomic E-state index is 9.33. The number of hydrogen-bond donors (Lipinski definition) is 1. The maximum atomic E-state index is 9.33. The van der Waals surface area contributed by atoms with Crippen LogP contribution in [0.2, 0.25) is 0 Å². The molecule has 0 saturated heterocycles. The Kier molecular flexibility index (Phi) is 3.13. The summed E-state index contributed by atoms with van der Waals surface area (Å²) in [6, 6.07) is 0. The number of aliphatic hydroxyl groups excluding tert-OH is 1. The van der Waals surface area contributed by atoms with E-state index < -0.39 is 0 Å². The fourth-order valence-corrected chi connectivity index (χ4v) is 1.59.